The van der Waals surface area contributed by atoms with E-state index in [-0.39, 0.29) is 18.1 Å². The average Bonchev–Trinajstić information content (AvgIpc) is 2.52. The molecule has 2 rings (SSSR count). The molecule has 0 heterocycles. The molecule has 1 amide bonds. The molecule has 2 atom stereocenters. The summed E-state index contributed by atoms with van der Waals surface area (Å²) in [6, 6.07) is 5.88. The van der Waals surface area contributed by atoms with Crippen molar-refractivity contribution < 1.29 is 32.6 Å². The van der Waals surface area contributed by atoms with Crippen LogP contribution in [-0.2, 0) is 16.0 Å². The highest BCUT2D eigenvalue weighted by atomic mass is 19.4. The number of amides is 1. The lowest BCUT2D eigenvalue weighted by molar-refractivity contribution is -0.153. The number of carbonyl (C=O) groups is 2. The molecule has 0 spiro atoms. The van der Waals surface area contributed by atoms with E-state index in [9.17, 15) is 27.9 Å². The van der Waals surface area contributed by atoms with E-state index >= 15 is 0 Å². The van der Waals surface area contributed by atoms with Gasteiger partial charge in [-0.3, -0.25) is 9.59 Å². The Bertz CT molecular complexity index is 662. The van der Waals surface area contributed by atoms with Crippen LogP contribution in [0.1, 0.15) is 38.2 Å². The predicted octanol–water partition coefficient (Wildman–Crippen LogP) is 3.32. The van der Waals surface area contributed by atoms with Crippen molar-refractivity contribution in [2.24, 2.45) is 5.92 Å². The highest BCUT2D eigenvalue weighted by Gasteiger charge is 2.42. The van der Waals surface area contributed by atoms with Gasteiger partial charge < -0.3 is 15.2 Å². The molecule has 1 fully saturated rings. The van der Waals surface area contributed by atoms with Crippen molar-refractivity contribution in [3.8, 4) is 5.75 Å². The maximum absolute atomic E-state index is 12.4. The number of nitrogens with one attached hydrogen (secondary N) is 1. The molecule has 26 heavy (non-hydrogen) atoms. The molecular formula is C18H22F3NO4. The monoisotopic (exact) mass is 373 g/mol. The average molecular weight is 373 g/mol. The van der Waals surface area contributed by atoms with Gasteiger partial charge in [0, 0.05) is 0 Å². The van der Waals surface area contributed by atoms with Gasteiger partial charge in [-0.25, -0.2) is 0 Å². The standard InChI is InChI=1S/C18H22F3NO4/c1-17(8-3-2-7-14(17)16(24)25)22-15(23)10-12-5-4-6-13(9-12)26-11-18(19,20)21/h4-6,9,14H,2-3,7-8,10-11H2,1H3,(H,22,23)(H,24,25). The Morgan fingerprint density at radius 1 is 1.35 bits per heavy atom. The molecule has 0 bridgehead atoms. The van der Waals surface area contributed by atoms with Gasteiger partial charge in [0.05, 0.1) is 17.9 Å². The van der Waals surface area contributed by atoms with Crippen molar-refractivity contribution in [2.75, 3.05) is 6.61 Å². The Kier molecular flexibility index (Phi) is 6.15. The van der Waals surface area contributed by atoms with Crippen LogP contribution in [0.2, 0.25) is 0 Å². The van der Waals surface area contributed by atoms with Crippen molar-refractivity contribution in [2.45, 2.75) is 50.7 Å². The minimum atomic E-state index is -4.44. The highest BCUT2D eigenvalue weighted by molar-refractivity contribution is 5.81. The number of alkyl halides is 3. The molecule has 0 radical (unpaired) electrons. The molecule has 1 saturated carbocycles. The molecular weight excluding hydrogens is 351 g/mol. The fourth-order valence-corrected chi connectivity index (χ4v) is 3.34. The van der Waals surface area contributed by atoms with E-state index in [4.69, 9.17) is 0 Å². The number of benzene rings is 1. The molecule has 1 aliphatic rings. The van der Waals surface area contributed by atoms with Crippen LogP contribution < -0.4 is 10.1 Å². The first-order valence-electron chi connectivity index (χ1n) is 8.41. The van der Waals surface area contributed by atoms with Crippen LogP contribution in [0.25, 0.3) is 0 Å². The molecule has 2 N–H and O–H groups in total. The van der Waals surface area contributed by atoms with Gasteiger partial charge in [0.15, 0.2) is 6.61 Å². The number of hydrogen-bond donors (Lipinski definition) is 2. The number of ether oxygens (including phenoxy) is 1. The Hall–Kier alpha value is -2.25. The normalized spacial score (nSPS) is 23.3. The van der Waals surface area contributed by atoms with Crippen molar-refractivity contribution in [1.82, 2.24) is 5.32 Å². The Balaban J connectivity index is 2.00. The zero-order chi connectivity index (χ0) is 19.4. The van der Waals surface area contributed by atoms with Gasteiger partial charge >= 0.3 is 12.1 Å². The van der Waals surface area contributed by atoms with E-state index in [2.05, 4.69) is 10.1 Å². The van der Waals surface area contributed by atoms with E-state index in [0.29, 0.717) is 18.4 Å². The topological polar surface area (TPSA) is 75.6 Å². The molecule has 0 aliphatic heterocycles. The zero-order valence-electron chi connectivity index (χ0n) is 14.4. The lowest BCUT2D eigenvalue weighted by atomic mass is 9.74. The third-order valence-corrected chi connectivity index (χ3v) is 4.60. The molecule has 2 unspecified atom stereocenters. The Morgan fingerprint density at radius 2 is 2.08 bits per heavy atom. The van der Waals surface area contributed by atoms with Crippen LogP contribution in [0.5, 0.6) is 5.75 Å². The third-order valence-electron chi connectivity index (χ3n) is 4.60. The summed E-state index contributed by atoms with van der Waals surface area (Å²) in [6.07, 6.45) is -1.78. The van der Waals surface area contributed by atoms with Gasteiger partial charge in [-0.15, -0.1) is 0 Å². The maximum Gasteiger partial charge on any atom is 0.422 e. The van der Waals surface area contributed by atoms with E-state index < -0.39 is 30.2 Å². The van der Waals surface area contributed by atoms with Crippen LogP contribution in [0.4, 0.5) is 13.2 Å². The minimum Gasteiger partial charge on any atom is -0.484 e. The van der Waals surface area contributed by atoms with Crippen LogP contribution in [0, 0.1) is 5.92 Å². The predicted molar refractivity (Wildman–Crippen MR) is 87.8 cm³/mol. The number of carboxylic acid groups (broad SMARTS) is 1. The Labute approximate surface area is 149 Å². The SMILES string of the molecule is CC1(NC(=O)Cc2cccc(OCC(F)(F)F)c2)CCCCC1C(=O)O. The van der Waals surface area contributed by atoms with Crippen molar-refractivity contribution in [3.05, 3.63) is 29.8 Å². The smallest absolute Gasteiger partial charge is 0.422 e. The minimum absolute atomic E-state index is 0.0277. The molecule has 5 nitrogen and oxygen atoms in total. The van der Waals surface area contributed by atoms with Gasteiger partial charge in [0.1, 0.15) is 5.75 Å². The van der Waals surface area contributed by atoms with Gasteiger partial charge in [-0.1, -0.05) is 25.0 Å². The van der Waals surface area contributed by atoms with Crippen LogP contribution in [0.15, 0.2) is 24.3 Å². The maximum atomic E-state index is 12.4. The molecule has 1 aromatic rings. The number of hydrogen-bond acceptors (Lipinski definition) is 3. The van der Waals surface area contributed by atoms with Gasteiger partial charge in [0.2, 0.25) is 5.91 Å². The molecule has 0 saturated heterocycles. The van der Waals surface area contributed by atoms with Crippen molar-refractivity contribution in [3.63, 3.8) is 0 Å². The molecule has 8 heteroatoms. The first-order chi connectivity index (χ1) is 12.1. The summed E-state index contributed by atoms with van der Waals surface area (Å²) >= 11 is 0. The third kappa shape index (κ3) is 5.64. The summed E-state index contributed by atoms with van der Waals surface area (Å²) in [5.74, 6) is -1.93. The fraction of sp³-hybridized carbons (Fsp3) is 0.556. The molecule has 144 valence electrons. The largest absolute Gasteiger partial charge is 0.484 e. The fourth-order valence-electron chi connectivity index (χ4n) is 3.34. The first kappa shape index (κ1) is 20.1. The number of aliphatic carboxylic acids is 1. The quantitative estimate of drug-likeness (QED) is 0.802. The number of carbonyl (C=O) groups excluding carboxylic acids is 1. The molecule has 1 aliphatic carbocycles. The van der Waals surface area contributed by atoms with Gasteiger partial charge in [0.25, 0.3) is 0 Å². The van der Waals surface area contributed by atoms with Gasteiger partial charge in [-0.2, -0.15) is 13.2 Å². The summed E-state index contributed by atoms with van der Waals surface area (Å²) in [6.45, 7) is 0.326. The summed E-state index contributed by atoms with van der Waals surface area (Å²) in [7, 11) is 0. The highest BCUT2D eigenvalue weighted by Crippen LogP contribution is 2.34. The first-order valence-corrected chi connectivity index (χ1v) is 8.41. The van der Waals surface area contributed by atoms with Crippen LogP contribution >= 0.6 is 0 Å². The van der Waals surface area contributed by atoms with E-state index in [0.717, 1.165) is 12.8 Å². The van der Waals surface area contributed by atoms with E-state index in [1.807, 2.05) is 0 Å². The molecule has 0 aromatic heterocycles. The van der Waals surface area contributed by atoms with Crippen molar-refractivity contribution in [1.29, 1.82) is 0 Å². The number of carboxylic acids is 1. The lowest BCUT2D eigenvalue weighted by Crippen LogP contribution is -2.55. The second kappa shape index (κ2) is 7.97. The van der Waals surface area contributed by atoms with Gasteiger partial charge in [-0.05, 0) is 37.5 Å². The zero-order valence-corrected chi connectivity index (χ0v) is 14.4. The summed E-state index contributed by atoms with van der Waals surface area (Å²) < 4.78 is 41.3. The number of rotatable bonds is 6. The summed E-state index contributed by atoms with van der Waals surface area (Å²) in [4.78, 5) is 23.8. The van der Waals surface area contributed by atoms with E-state index in [1.54, 1.807) is 13.0 Å². The lowest BCUT2D eigenvalue weighted by Gasteiger charge is -2.39. The second-order valence-electron chi connectivity index (χ2n) is 6.83. The van der Waals surface area contributed by atoms with E-state index in [1.165, 1.54) is 18.2 Å². The summed E-state index contributed by atoms with van der Waals surface area (Å²) in [5.41, 5.74) is -0.334. The second-order valence-corrected chi connectivity index (χ2v) is 6.83. The Morgan fingerprint density at radius 3 is 2.73 bits per heavy atom. The van der Waals surface area contributed by atoms with Crippen LogP contribution in [0.3, 0.4) is 0 Å². The summed E-state index contributed by atoms with van der Waals surface area (Å²) in [5, 5.41) is 12.2. The van der Waals surface area contributed by atoms with Crippen molar-refractivity contribution >= 4 is 11.9 Å². The molecule has 1 aromatic carbocycles. The number of halogens is 3. The van der Waals surface area contributed by atoms with Crippen LogP contribution in [-0.4, -0.2) is 35.3 Å².